The summed E-state index contributed by atoms with van der Waals surface area (Å²) in [6.07, 6.45) is 6.78. The number of aliphatic hydroxyl groups is 1. The number of ether oxygens (including phenoxy) is 2. The summed E-state index contributed by atoms with van der Waals surface area (Å²) in [6.45, 7) is 2.60. The van der Waals surface area contributed by atoms with Gasteiger partial charge in [0.1, 0.15) is 5.75 Å². The van der Waals surface area contributed by atoms with Gasteiger partial charge >= 0.3 is 0 Å². The fourth-order valence-corrected chi connectivity index (χ4v) is 5.13. The second-order valence-electron chi connectivity index (χ2n) is 9.00. The van der Waals surface area contributed by atoms with Gasteiger partial charge in [-0.3, -0.25) is 9.69 Å². The Morgan fingerprint density at radius 2 is 2.00 bits per heavy atom. The molecular weight excluding hydrogens is 356 g/mol. The number of benzene rings is 1. The van der Waals surface area contributed by atoms with Crippen LogP contribution in [-0.4, -0.2) is 47.9 Å². The van der Waals surface area contributed by atoms with E-state index in [1.807, 2.05) is 18.2 Å². The van der Waals surface area contributed by atoms with Gasteiger partial charge in [0.25, 0.3) is 0 Å². The first-order chi connectivity index (χ1) is 13.5. The molecule has 2 aliphatic heterocycles. The number of rotatable bonds is 3. The molecule has 1 spiro atoms. The maximum atomic E-state index is 11.7. The van der Waals surface area contributed by atoms with E-state index in [0.29, 0.717) is 19.4 Å². The Labute approximate surface area is 166 Å². The number of likely N-dealkylation sites (tertiary alicyclic amines) is 1. The van der Waals surface area contributed by atoms with Crippen LogP contribution in [-0.2, 0) is 21.7 Å². The Bertz CT molecular complexity index is 762. The van der Waals surface area contributed by atoms with Crippen molar-refractivity contribution in [3.05, 3.63) is 29.3 Å². The van der Waals surface area contributed by atoms with Crippen LogP contribution >= 0.6 is 0 Å². The van der Waals surface area contributed by atoms with Crippen molar-refractivity contribution < 1.29 is 19.4 Å². The molecule has 0 atom stereocenters. The van der Waals surface area contributed by atoms with E-state index in [0.717, 1.165) is 48.8 Å². The summed E-state index contributed by atoms with van der Waals surface area (Å²) < 4.78 is 12.6. The van der Waals surface area contributed by atoms with Gasteiger partial charge in [-0.05, 0) is 43.4 Å². The van der Waals surface area contributed by atoms with Crippen LogP contribution in [0.5, 0.6) is 5.75 Å². The average Bonchev–Trinajstić information content (AvgIpc) is 2.65. The number of amides is 1. The van der Waals surface area contributed by atoms with Crippen molar-refractivity contribution in [2.45, 2.75) is 69.0 Å². The zero-order chi connectivity index (χ0) is 19.4. The minimum Gasteiger partial charge on any atom is -0.462 e. The van der Waals surface area contributed by atoms with E-state index in [1.54, 1.807) is 7.05 Å². The molecule has 1 aromatic rings. The lowest BCUT2D eigenvalue weighted by Gasteiger charge is -2.48. The third-order valence-electron chi connectivity index (χ3n) is 7.32. The second-order valence-corrected chi connectivity index (χ2v) is 9.00. The Kier molecular flexibility index (Phi) is 4.41. The molecule has 6 heteroatoms. The number of hydrogen-bond acceptors (Lipinski definition) is 5. The van der Waals surface area contributed by atoms with Crippen LogP contribution in [0, 0.1) is 5.92 Å². The molecule has 152 valence electrons. The molecule has 2 heterocycles. The zero-order valence-electron chi connectivity index (χ0n) is 16.6. The molecule has 28 heavy (non-hydrogen) atoms. The van der Waals surface area contributed by atoms with E-state index in [1.165, 1.54) is 19.3 Å². The predicted octanol–water partition coefficient (Wildman–Crippen LogP) is 2.28. The number of carbonyl (C=O) groups excluding carboxylic acids is 1. The smallest absolute Gasteiger partial charge is 0.223 e. The van der Waals surface area contributed by atoms with Crippen molar-refractivity contribution in [3.8, 4) is 5.75 Å². The topological polar surface area (TPSA) is 71.0 Å². The van der Waals surface area contributed by atoms with Crippen LogP contribution in [0.1, 0.15) is 56.1 Å². The van der Waals surface area contributed by atoms with Gasteiger partial charge in [0.15, 0.2) is 0 Å². The van der Waals surface area contributed by atoms with Gasteiger partial charge in [-0.1, -0.05) is 12.5 Å². The Hall–Kier alpha value is -1.63. The maximum absolute atomic E-state index is 11.7. The molecule has 1 aromatic carbocycles. The number of nitrogens with zero attached hydrogens (tertiary/aromatic N) is 1. The molecule has 0 radical (unpaired) electrons. The minimum atomic E-state index is -0.921. The molecule has 0 bridgehead atoms. The minimum absolute atomic E-state index is 0.00415. The standard InChI is InChI=1S/C22H30N2O4/c1-23-20(25)16-12-21(26,13-16)17-5-6-19-15(11-17)14-27-22(28-19)7-9-24(10-8-22)18-3-2-4-18/h5-6,11,16,18,26H,2-4,7-10,12-14H2,1H3,(H,23,25). The fraction of sp³-hybridized carbons (Fsp3) is 0.682. The van der Waals surface area contributed by atoms with Crippen molar-refractivity contribution in [2.24, 2.45) is 5.92 Å². The van der Waals surface area contributed by atoms with Gasteiger partial charge in [0.05, 0.1) is 12.2 Å². The van der Waals surface area contributed by atoms with Crippen molar-refractivity contribution in [1.29, 1.82) is 0 Å². The Balaban J connectivity index is 1.25. The van der Waals surface area contributed by atoms with E-state index in [4.69, 9.17) is 9.47 Å². The highest BCUT2D eigenvalue weighted by Crippen LogP contribution is 2.47. The van der Waals surface area contributed by atoms with Gasteiger partial charge in [-0.25, -0.2) is 0 Å². The van der Waals surface area contributed by atoms with E-state index < -0.39 is 11.4 Å². The van der Waals surface area contributed by atoms with Gasteiger partial charge in [-0.2, -0.15) is 0 Å². The molecule has 2 saturated carbocycles. The van der Waals surface area contributed by atoms with Crippen LogP contribution in [0.2, 0.25) is 0 Å². The number of piperidine rings is 1. The van der Waals surface area contributed by atoms with Gasteiger partial charge in [0.2, 0.25) is 11.7 Å². The third-order valence-corrected chi connectivity index (χ3v) is 7.32. The molecular formula is C22H30N2O4. The summed E-state index contributed by atoms with van der Waals surface area (Å²) >= 11 is 0. The zero-order valence-corrected chi connectivity index (χ0v) is 16.6. The van der Waals surface area contributed by atoms with Gasteiger partial charge in [0, 0.05) is 50.5 Å². The number of carbonyl (C=O) groups is 1. The summed E-state index contributed by atoms with van der Waals surface area (Å²) in [7, 11) is 1.64. The first-order valence-electron chi connectivity index (χ1n) is 10.6. The highest BCUT2D eigenvalue weighted by atomic mass is 16.7. The van der Waals surface area contributed by atoms with Gasteiger partial charge in [-0.15, -0.1) is 0 Å². The van der Waals surface area contributed by atoms with Crippen molar-refractivity contribution in [3.63, 3.8) is 0 Å². The lowest BCUT2D eigenvalue weighted by Crippen LogP contribution is -2.54. The summed E-state index contributed by atoms with van der Waals surface area (Å²) in [4.78, 5) is 14.3. The van der Waals surface area contributed by atoms with Crippen molar-refractivity contribution >= 4 is 5.91 Å². The molecule has 0 unspecified atom stereocenters. The van der Waals surface area contributed by atoms with Crippen LogP contribution in [0.3, 0.4) is 0 Å². The fourth-order valence-electron chi connectivity index (χ4n) is 5.13. The Morgan fingerprint density at radius 3 is 2.64 bits per heavy atom. The molecule has 2 N–H and O–H groups in total. The normalized spacial score (nSPS) is 32.0. The number of hydrogen-bond donors (Lipinski definition) is 2. The number of nitrogens with one attached hydrogen (secondary N) is 1. The summed E-state index contributed by atoms with van der Waals surface area (Å²) in [5.74, 6) is 0.275. The summed E-state index contributed by atoms with van der Waals surface area (Å²) in [5, 5.41) is 13.5. The first-order valence-corrected chi connectivity index (χ1v) is 10.6. The molecule has 1 amide bonds. The molecule has 6 nitrogen and oxygen atoms in total. The van der Waals surface area contributed by atoms with Crippen LogP contribution in [0.25, 0.3) is 0 Å². The lowest BCUT2D eigenvalue weighted by atomic mass is 9.67. The summed E-state index contributed by atoms with van der Waals surface area (Å²) in [6, 6.07) is 6.68. The molecule has 0 aromatic heterocycles. The highest BCUT2D eigenvalue weighted by molar-refractivity contribution is 5.79. The van der Waals surface area contributed by atoms with Crippen molar-refractivity contribution in [2.75, 3.05) is 20.1 Å². The number of fused-ring (bicyclic) bond motifs is 1. The second kappa shape index (κ2) is 6.71. The van der Waals surface area contributed by atoms with Crippen molar-refractivity contribution in [1.82, 2.24) is 10.2 Å². The highest BCUT2D eigenvalue weighted by Gasteiger charge is 2.48. The van der Waals surface area contributed by atoms with Crippen LogP contribution in [0.4, 0.5) is 0 Å². The summed E-state index contributed by atoms with van der Waals surface area (Å²) in [5.41, 5.74) is 0.922. The van der Waals surface area contributed by atoms with Crippen LogP contribution < -0.4 is 10.1 Å². The largest absolute Gasteiger partial charge is 0.462 e. The van der Waals surface area contributed by atoms with Gasteiger partial charge < -0.3 is 19.9 Å². The maximum Gasteiger partial charge on any atom is 0.223 e. The van der Waals surface area contributed by atoms with E-state index in [-0.39, 0.29) is 11.8 Å². The molecule has 4 aliphatic rings. The average molecular weight is 386 g/mol. The third kappa shape index (κ3) is 3.02. The molecule has 2 aliphatic carbocycles. The lowest BCUT2D eigenvalue weighted by molar-refractivity contribution is -0.231. The molecule has 3 fully saturated rings. The quantitative estimate of drug-likeness (QED) is 0.834. The predicted molar refractivity (Wildman–Crippen MR) is 104 cm³/mol. The monoisotopic (exact) mass is 386 g/mol. The molecule has 1 saturated heterocycles. The first kappa shape index (κ1) is 18.4. The van der Waals surface area contributed by atoms with E-state index >= 15 is 0 Å². The SMILES string of the molecule is CNC(=O)C1CC(O)(c2ccc3c(c2)COC2(CCN(C4CCC4)CC2)O3)C1. The van der Waals surface area contributed by atoms with Crippen LogP contribution in [0.15, 0.2) is 18.2 Å². The van der Waals surface area contributed by atoms with E-state index in [9.17, 15) is 9.90 Å². The van der Waals surface area contributed by atoms with E-state index in [2.05, 4.69) is 10.2 Å². The Morgan fingerprint density at radius 1 is 1.25 bits per heavy atom. The molecule has 5 rings (SSSR count).